The van der Waals surface area contributed by atoms with Crippen LogP contribution in [0.5, 0.6) is 0 Å². The van der Waals surface area contributed by atoms with Crippen LogP contribution in [0.1, 0.15) is 26.3 Å². The van der Waals surface area contributed by atoms with Crippen LogP contribution in [-0.2, 0) is 11.3 Å². The van der Waals surface area contributed by atoms with Gasteiger partial charge in [-0.2, -0.15) is 0 Å². The van der Waals surface area contributed by atoms with E-state index in [1.807, 2.05) is 56.0 Å². The minimum atomic E-state index is -1.06. The number of carbonyl (C=O) groups excluding carboxylic acids is 1. The predicted octanol–water partition coefficient (Wildman–Crippen LogP) is 3.08. The molecular weight excluding hydrogens is 283 g/mol. The maximum atomic E-state index is 14.1. The van der Waals surface area contributed by atoms with Crippen LogP contribution in [0, 0.1) is 0 Å². The molecule has 0 unspecified atom stereocenters. The largest absolute Gasteiger partial charge is 0.444 e. The van der Waals surface area contributed by atoms with E-state index in [2.05, 4.69) is 0 Å². The molecule has 1 aliphatic rings. The normalized spacial score (nSPS) is 20.5. The van der Waals surface area contributed by atoms with Crippen LogP contribution in [0.15, 0.2) is 30.3 Å². The van der Waals surface area contributed by atoms with E-state index in [0.717, 1.165) is 5.56 Å². The summed E-state index contributed by atoms with van der Waals surface area (Å²) in [6, 6.07) is 9.99. The molecule has 0 radical (unpaired) electrons. The molecule has 1 atom stereocenters. The van der Waals surface area contributed by atoms with E-state index < -0.39 is 17.9 Å². The van der Waals surface area contributed by atoms with Gasteiger partial charge < -0.3 is 9.64 Å². The number of benzene rings is 1. The van der Waals surface area contributed by atoms with Crippen LogP contribution in [0.25, 0.3) is 0 Å². The average molecular weight is 308 g/mol. The van der Waals surface area contributed by atoms with Gasteiger partial charge in [0.2, 0.25) is 0 Å². The van der Waals surface area contributed by atoms with Crippen LogP contribution in [-0.4, -0.2) is 53.8 Å². The molecule has 2 rings (SSSR count). The van der Waals surface area contributed by atoms with E-state index >= 15 is 0 Å². The second-order valence-electron chi connectivity index (χ2n) is 6.74. The molecule has 0 bridgehead atoms. The number of hydrogen-bond donors (Lipinski definition) is 0. The van der Waals surface area contributed by atoms with E-state index in [1.165, 1.54) is 4.90 Å². The fourth-order valence-corrected chi connectivity index (χ4v) is 2.50. The maximum absolute atomic E-state index is 14.1. The molecule has 1 saturated heterocycles. The molecule has 0 saturated carbocycles. The number of halogens is 1. The zero-order chi connectivity index (χ0) is 16.2. The highest BCUT2D eigenvalue weighted by Gasteiger charge is 2.28. The Morgan fingerprint density at radius 2 is 1.91 bits per heavy atom. The van der Waals surface area contributed by atoms with Gasteiger partial charge in [0.15, 0.2) is 0 Å². The molecule has 0 N–H and O–H groups in total. The minimum absolute atomic E-state index is 0.0974. The highest BCUT2D eigenvalue weighted by atomic mass is 19.1. The lowest BCUT2D eigenvalue weighted by Crippen LogP contribution is -2.40. The van der Waals surface area contributed by atoms with Gasteiger partial charge in [-0.3, -0.25) is 4.90 Å². The number of amides is 1. The Kier molecular flexibility index (Phi) is 5.40. The number of alkyl halides is 1. The zero-order valence-electron chi connectivity index (χ0n) is 13.6. The fourth-order valence-electron chi connectivity index (χ4n) is 2.50. The van der Waals surface area contributed by atoms with E-state index in [9.17, 15) is 9.18 Å². The average Bonchev–Trinajstić information content (AvgIpc) is 2.60. The molecule has 5 heteroatoms. The van der Waals surface area contributed by atoms with Gasteiger partial charge in [-0.25, -0.2) is 9.18 Å². The summed E-state index contributed by atoms with van der Waals surface area (Å²) in [5, 5.41) is 0. The maximum Gasteiger partial charge on any atom is 0.410 e. The topological polar surface area (TPSA) is 32.8 Å². The molecule has 1 fully saturated rings. The SMILES string of the molecule is CC(C)(C)OC(=O)N1CCN(Cc2ccccc2)C[C@H](F)C1. The molecule has 0 aliphatic carbocycles. The molecule has 22 heavy (non-hydrogen) atoms. The summed E-state index contributed by atoms with van der Waals surface area (Å²) in [4.78, 5) is 15.6. The predicted molar refractivity (Wildman–Crippen MR) is 84.4 cm³/mol. The Labute approximate surface area is 131 Å². The van der Waals surface area contributed by atoms with Crippen molar-refractivity contribution in [3.63, 3.8) is 0 Å². The highest BCUT2D eigenvalue weighted by molar-refractivity contribution is 5.68. The number of ether oxygens (including phenoxy) is 1. The quantitative estimate of drug-likeness (QED) is 0.842. The van der Waals surface area contributed by atoms with Crippen molar-refractivity contribution in [2.24, 2.45) is 0 Å². The van der Waals surface area contributed by atoms with Gasteiger partial charge in [-0.15, -0.1) is 0 Å². The molecular formula is C17H25FN2O2. The first-order valence-electron chi connectivity index (χ1n) is 7.72. The van der Waals surface area contributed by atoms with Crippen molar-refractivity contribution in [2.75, 3.05) is 26.2 Å². The minimum Gasteiger partial charge on any atom is -0.444 e. The van der Waals surface area contributed by atoms with Crippen LogP contribution < -0.4 is 0 Å². The zero-order valence-corrected chi connectivity index (χ0v) is 13.6. The first-order chi connectivity index (χ1) is 10.3. The first kappa shape index (κ1) is 16.7. The Morgan fingerprint density at radius 1 is 1.23 bits per heavy atom. The summed E-state index contributed by atoms with van der Waals surface area (Å²) in [6.45, 7) is 7.72. The highest BCUT2D eigenvalue weighted by Crippen LogP contribution is 2.15. The molecule has 1 aromatic rings. The van der Waals surface area contributed by atoms with Crippen molar-refractivity contribution >= 4 is 6.09 Å². The second-order valence-corrected chi connectivity index (χ2v) is 6.74. The van der Waals surface area contributed by atoms with Gasteiger partial charge >= 0.3 is 6.09 Å². The molecule has 0 aromatic heterocycles. The van der Waals surface area contributed by atoms with Gasteiger partial charge in [0, 0.05) is 26.2 Å². The number of hydrogen-bond acceptors (Lipinski definition) is 3. The van der Waals surface area contributed by atoms with Crippen LogP contribution in [0.2, 0.25) is 0 Å². The summed E-state index contributed by atoms with van der Waals surface area (Å²) >= 11 is 0. The van der Waals surface area contributed by atoms with Crippen molar-refractivity contribution in [1.82, 2.24) is 9.80 Å². The van der Waals surface area contributed by atoms with Crippen LogP contribution >= 0.6 is 0 Å². The van der Waals surface area contributed by atoms with Gasteiger partial charge in [-0.05, 0) is 26.3 Å². The lowest BCUT2D eigenvalue weighted by atomic mass is 10.2. The van der Waals surface area contributed by atoms with Crippen molar-refractivity contribution < 1.29 is 13.9 Å². The van der Waals surface area contributed by atoms with Crippen molar-refractivity contribution in [3.8, 4) is 0 Å². The number of nitrogens with zero attached hydrogens (tertiary/aromatic N) is 2. The van der Waals surface area contributed by atoms with Crippen molar-refractivity contribution in [1.29, 1.82) is 0 Å². The van der Waals surface area contributed by atoms with E-state index in [0.29, 0.717) is 26.2 Å². The van der Waals surface area contributed by atoms with Crippen molar-refractivity contribution in [3.05, 3.63) is 35.9 Å². The molecule has 1 heterocycles. The Hall–Kier alpha value is -1.62. The monoisotopic (exact) mass is 308 g/mol. The number of rotatable bonds is 2. The van der Waals surface area contributed by atoms with Gasteiger partial charge in [-0.1, -0.05) is 30.3 Å². The molecule has 1 aromatic carbocycles. The fraction of sp³-hybridized carbons (Fsp3) is 0.588. The Bertz CT molecular complexity index is 487. The summed E-state index contributed by atoms with van der Waals surface area (Å²) in [5.74, 6) is 0. The first-order valence-corrected chi connectivity index (χ1v) is 7.72. The van der Waals surface area contributed by atoms with E-state index in [4.69, 9.17) is 4.74 Å². The third-order valence-corrected chi connectivity index (χ3v) is 3.46. The van der Waals surface area contributed by atoms with Crippen molar-refractivity contribution in [2.45, 2.75) is 39.1 Å². The van der Waals surface area contributed by atoms with E-state index in [-0.39, 0.29) is 6.54 Å². The summed E-state index contributed by atoms with van der Waals surface area (Å²) in [5.41, 5.74) is 0.597. The summed E-state index contributed by atoms with van der Waals surface area (Å²) < 4.78 is 19.5. The lowest BCUT2D eigenvalue weighted by molar-refractivity contribution is 0.0229. The molecule has 0 spiro atoms. The third-order valence-electron chi connectivity index (χ3n) is 3.46. The Morgan fingerprint density at radius 3 is 2.55 bits per heavy atom. The summed E-state index contributed by atoms with van der Waals surface area (Å²) in [7, 11) is 0. The Balaban J connectivity index is 1.94. The standard InChI is InChI=1S/C17H25FN2O2/c1-17(2,3)22-16(21)20-10-9-19(12-15(18)13-20)11-14-7-5-4-6-8-14/h4-8,15H,9-13H2,1-3H3/t15-/m0/s1. The number of carbonyl (C=O) groups is 1. The molecule has 122 valence electrons. The smallest absolute Gasteiger partial charge is 0.410 e. The molecule has 1 aliphatic heterocycles. The van der Waals surface area contributed by atoms with Gasteiger partial charge in [0.25, 0.3) is 0 Å². The summed E-state index contributed by atoms with van der Waals surface area (Å²) in [6.07, 6.45) is -1.49. The lowest BCUT2D eigenvalue weighted by Gasteiger charge is -2.26. The van der Waals surface area contributed by atoms with Crippen LogP contribution in [0.3, 0.4) is 0 Å². The van der Waals surface area contributed by atoms with E-state index in [1.54, 1.807) is 0 Å². The third kappa shape index (κ3) is 5.30. The molecule has 4 nitrogen and oxygen atoms in total. The van der Waals surface area contributed by atoms with Gasteiger partial charge in [0.05, 0.1) is 6.54 Å². The molecule has 1 amide bonds. The van der Waals surface area contributed by atoms with Gasteiger partial charge in [0.1, 0.15) is 11.8 Å². The second kappa shape index (κ2) is 7.09. The van der Waals surface area contributed by atoms with Crippen LogP contribution in [0.4, 0.5) is 9.18 Å².